The SMILES string of the molecule is CCc1cnc(CNC(=O)COC(C)C)s1. The molecule has 16 heavy (non-hydrogen) atoms. The van der Waals surface area contributed by atoms with Crippen molar-refractivity contribution in [1.82, 2.24) is 10.3 Å². The maximum atomic E-state index is 11.3. The van der Waals surface area contributed by atoms with E-state index in [9.17, 15) is 4.79 Å². The van der Waals surface area contributed by atoms with Gasteiger partial charge in [0.1, 0.15) is 11.6 Å². The van der Waals surface area contributed by atoms with Gasteiger partial charge in [-0.1, -0.05) is 6.92 Å². The minimum atomic E-state index is -0.0954. The molecule has 0 aliphatic carbocycles. The number of carbonyl (C=O) groups is 1. The summed E-state index contributed by atoms with van der Waals surface area (Å²) in [6.45, 7) is 6.50. The van der Waals surface area contributed by atoms with Crippen molar-refractivity contribution in [2.24, 2.45) is 0 Å². The summed E-state index contributed by atoms with van der Waals surface area (Å²) >= 11 is 1.63. The van der Waals surface area contributed by atoms with Crippen LogP contribution in [0.15, 0.2) is 6.20 Å². The molecule has 0 bridgehead atoms. The number of carbonyl (C=O) groups excluding carboxylic acids is 1. The lowest BCUT2D eigenvalue weighted by molar-refractivity contribution is -0.127. The van der Waals surface area contributed by atoms with Gasteiger partial charge in [0.15, 0.2) is 0 Å². The first-order chi connectivity index (χ1) is 7.61. The van der Waals surface area contributed by atoms with E-state index < -0.39 is 0 Å². The van der Waals surface area contributed by atoms with E-state index in [4.69, 9.17) is 4.74 Å². The first-order valence-electron chi connectivity index (χ1n) is 5.43. The fourth-order valence-corrected chi connectivity index (χ4v) is 1.86. The van der Waals surface area contributed by atoms with Crippen LogP contribution in [0.1, 0.15) is 30.7 Å². The lowest BCUT2D eigenvalue weighted by Gasteiger charge is -2.07. The monoisotopic (exact) mass is 242 g/mol. The molecule has 1 amide bonds. The number of hydrogen-bond donors (Lipinski definition) is 1. The molecule has 0 aromatic carbocycles. The summed E-state index contributed by atoms with van der Waals surface area (Å²) in [4.78, 5) is 16.8. The zero-order valence-electron chi connectivity index (χ0n) is 9.95. The molecule has 5 heteroatoms. The van der Waals surface area contributed by atoms with E-state index in [-0.39, 0.29) is 18.6 Å². The van der Waals surface area contributed by atoms with Gasteiger partial charge in [0, 0.05) is 11.1 Å². The van der Waals surface area contributed by atoms with Crippen LogP contribution in [0, 0.1) is 0 Å². The van der Waals surface area contributed by atoms with Gasteiger partial charge in [0.25, 0.3) is 0 Å². The van der Waals surface area contributed by atoms with Crippen molar-refractivity contribution >= 4 is 17.2 Å². The highest BCUT2D eigenvalue weighted by molar-refractivity contribution is 7.11. The summed E-state index contributed by atoms with van der Waals surface area (Å²) in [6.07, 6.45) is 2.93. The Morgan fingerprint density at radius 1 is 1.62 bits per heavy atom. The average Bonchev–Trinajstić information content (AvgIpc) is 2.71. The Bertz CT molecular complexity index is 336. The maximum Gasteiger partial charge on any atom is 0.246 e. The molecule has 1 aromatic heterocycles. The highest BCUT2D eigenvalue weighted by Gasteiger charge is 2.05. The molecular weight excluding hydrogens is 224 g/mol. The number of aryl methyl sites for hydroxylation is 1. The minimum absolute atomic E-state index is 0.0808. The lowest BCUT2D eigenvalue weighted by atomic mass is 10.4. The summed E-state index contributed by atoms with van der Waals surface area (Å²) in [5.41, 5.74) is 0. The van der Waals surface area contributed by atoms with E-state index in [2.05, 4.69) is 17.2 Å². The molecule has 0 radical (unpaired) electrons. The van der Waals surface area contributed by atoms with Crippen LogP contribution in [0.4, 0.5) is 0 Å². The van der Waals surface area contributed by atoms with Crippen LogP contribution in [0.3, 0.4) is 0 Å². The van der Waals surface area contributed by atoms with Crippen LogP contribution in [0.25, 0.3) is 0 Å². The van der Waals surface area contributed by atoms with Crippen LogP contribution in [-0.4, -0.2) is 23.6 Å². The van der Waals surface area contributed by atoms with Crippen molar-refractivity contribution < 1.29 is 9.53 Å². The van der Waals surface area contributed by atoms with E-state index in [1.807, 2.05) is 20.0 Å². The highest BCUT2D eigenvalue weighted by Crippen LogP contribution is 2.12. The highest BCUT2D eigenvalue weighted by atomic mass is 32.1. The fraction of sp³-hybridized carbons (Fsp3) is 0.636. The maximum absolute atomic E-state index is 11.3. The second-order valence-corrected chi connectivity index (χ2v) is 4.91. The zero-order valence-corrected chi connectivity index (χ0v) is 10.8. The van der Waals surface area contributed by atoms with Gasteiger partial charge in [-0.3, -0.25) is 4.79 Å². The smallest absolute Gasteiger partial charge is 0.246 e. The van der Waals surface area contributed by atoms with Gasteiger partial charge in [-0.05, 0) is 20.3 Å². The fourth-order valence-electron chi connectivity index (χ4n) is 1.06. The third-order valence-electron chi connectivity index (χ3n) is 1.93. The Hall–Kier alpha value is -0.940. The minimum Gasteiger partial charge on any atom is -0.369 e. The quantitative estimate of drug-likeness (QED) is 0.826. The zero-order chi connectivity index (χ0) is 12.0. The summed E-state index contributed by atoms with van der Waals surface area (Å²) in [5, 5.41) is 3.72. The first kappa shape index (κ1) is 13.1. The number of thiazole rings is 1. The molecule has 1 rings (SSSR count). The van der Waals surface area contributed by atoms with E-state index in [1.54, 1.807) is 11.3 Å². The van der Waals surface area contributed by atoms with Crippen molar-refractivity contribution in [2.75, 3.05) is 6.61 Å². The molecule has 0 unspecified atom stereocenters. The topological polar surface area (TPSA) is 51.2 Å². The van der Waals surface area contributed by atoms with E-state index in [0.29, 0.717) is 6.54 Å². The molecule has 1 N–H and O–H groups in total. The summed E-state index contributed by atoms with van der Waals surface area (Å²) < 4.78 is 5.19. The predicted molar refractivity (Wildman–Crippen MR) is 64.4 cm³/mol. The molecule has 0 saturated heterocycles. The van der Waals surface area contributed by atoms with Crippen molar-refractivity contribution in [2.45, 2.75) is 39.8 Å². The Kier molecular flexibility index (Phi) is 5.42. The van der Waals surface area contributed by atoms with Crippen molar-refractivity contribution in [3.05, 3.63) is 16.1 Å². The Morgan fingerprint density at radius 2 is 2.38 bits per heavy atom. The summed E-state index contributed by atoms with van der Waals surface area (Å²) in [6, 6.07) is 0. The third-order valence-corrected chi connectivity index (χ3v) is 3.08. The third kappa shape index (κ3) is 4.72. The number of nitrogens with zero attached hydrogens (tertiary/aromatic N) is 1. The number of ether oxygens (including phenoxy) is 1. The largest absolute Gasteiger partial charge is 0.369 e. The molecule has 90 valence electrons. The molecule has 0 aliphatic heterocycles. The number of hydrogen-bond acceptors (Lipinski definition) is 4. The standard InChI is InChI=1S/C11H18N2O2S/c1-4-9-5-13-11(16-9)6-12-10(14)7-15-8(2)3/h5,8H,4,6-7H2,1-3H3,(H,12,14). The van der Waals surface area contributed by atoms with Crippen molar-refractivity contribution in [3.8, 4) is 0 Å². The molecule has 0 saturated carbocycles. The summed E-state index contributed by atoms with van der Waals surface area (Å²) in [7, 11) is 0. The molecule has 1 heterocycles. The number of amides is 1. The van der Waals surface area contributed by atoms with E-state index >= 15 is 0 Å². The summed E-state index contributed by atoms with van der Waals surface area (Å²) in [5.74, 6) is -0.0954. The first-order valence-corrected chi connectivity index (χ1v) is 6.25. The molecule has 4 nitrogen and oxygen atoms in total. The van der Waals surface area contributed by atoms with Crippen LogP contribution < -0.4 is 5.32 Å². The van der Waals surface area contributed by atoms with Gasteiger partial charge >= 0.3 is 0 Å². The molecular formula is C11H18N2O2S. The number of aromatic nitrogens is 1. The lowest BCUT2D eigenvalue weighted by Crippen LogP contribution is -2.28. The van der Waals surface area contributed by atoms with Crippen LogP contribution in [0.5, 0.6) is 0 Å². The second kappa shape index (κ2) is 6.60. The Labute approximate surface area is 100 Å². The molecule has 0 aliphatic rings. The van der Waals surface area contributed by atoms with E-state index in [1.165, 1.54) is 4.88 Å². The van der Waals surface area contributed by atoms with Gasteiger partial charge in [0.2, 0.25) is 5.91 Å². The van der Waals surface area contributed by atoms with Crippen LogP contribution in [0.2, 0.25) is 0 Å². The Balaban J connectivity index is 2.26. The van der Waals surface area contributed by atoms with E-state index in [0.717, 1.165) is 11.4 Å². The number of nitrogens with one attached hydrogen (secondary N) is 1. The molecule has 0 spiro atoms. The van der Waals surface area contributed by atoms with Crippen LogP contribution in [-0.2, 0) is 22.5 Å². The average molecular weight is 242 g/mol. The number of rotatable bonds is 6. The Morgan fingerprint density at radius 3 is 2.94 bits per heavy atom. The predicted octanol–water partition coefficient (Wildman–Crippen LogP) is 1.75. The van der Waals surface area contributed by atoms with Gasteiger partial charge in [-0.25, -0.2) is 4.98 Å². The molecule has 0 fully saturated rings. The second-order valence-electron chi connectivity index (χ2n) is 3.71. The van der Waals surface area contributed by atoms with Crippen molar-refractivity contribution in [3.63, 3.8) is 0 Å². The normalized spacial score (nSPS) is 10.8. The van der Waals surface area contributed by atoms with Crippen molar-refractivity contribution in [1.29, 1.82) is 0 Å². The van der Waals surface area contributed by atoms with Crippen LogP contribution >= 0.6 is 11.3 Å². The molecule has 0 atom stereocenters. The van der Waals surface area contributed by atoms with Gasteiger partial charge in [-0.2, -0.15) is 0 Å². The van der Waals surface area contributed by atoms with Gasteiger partial charge in [-0.15, -0.1) is 11.3 Å². The molecule has 1 aromatic rings. The van der Waals surface area contributed by atoms with Gasteiger partial charge < -0.3 is 10.1 Å². The van der Waals surface area contributed by atoms with Gasteiger partial charge in [0.05, 0.1) is 12.6 Å².